The molecule has 5 nitrogen and oxygen atoms in total. The first-order valence-electron chi connectivity index (χ1n) is 6.20. The fourth-order valence-electron chi connectivity index (χ4n) is 2.13. The Balaban J connectivity index is 2.29. The van der Waals surface area contributed by atoms with Gasteiger partial charge >= 0.3 is 5.97 Å². The van der Waals surface area contributed by atoms with Crippen LogP contribution < -0.4 is 4.90 Å². The smallest absolute Gasteiger partial charge is 0.337 e. The van der Waals surface area contributed by atoms with E-state index in [1.54, 1.807) is 23.1 Å². The van der Waals surface area contributed by atoms with Crippen LogP contribution in [0.25, 0.3) is 0 Å². The first-order valence-corrected chi connectivity index (χ1v) is 6.20. The molecule has 0 atom stereocenters. The SMILES string of the molecule is COC(=O)c1ccc(N2CCOCCC2=O)c(C)c1. The van der Waals surface area contributed by atoms with Crippen molar-refractivity contribution in [1.82, 2.24) is 0 Å². The maximum atomic E-state index is 12.0. The molecule has 102 valence electrons. The Bertz CT molecular complexity index is 498. The van der Waals surface area contributed by atoms with Crippen molar-refractivity contribution < 1.29 is 19.1 Å². The molecule has 2 rings (SSSR count). The van der Waals surface area contributed by atoms with Crippen molar-refractivity contribution in [3.63, 3.8) is 0 Å². The lowest BCUT2D eigenvalue weighted by Gasteiger charge is -2.22. The monoisotopic (exact) mass is 263 g/mol. The lowest BCUT2D eigenvalue weighted by Crippen LogP contribution is -2.32. The molecule has 1 heterocycles. The molecule has 19 heavy (non-hydrogen) atoms. The summed E-state index contributed by atoms with van der Waals surface area (Å²) < 4.78 is 9.98. The molecule has 1 aromatic rings. The summed E-state index contributed by atoms with van der Waals surface area (Å²) in [4.78, 5) is 25.2. The molecule has 1 saturated heterocycles. The normalized spacial score (nSPS) is 16.1. The third-order valence-electron chi connectivity index (χ3n) is 3.13. The predicted molar refractivity (Wildman–Crippen MR) is 70.3 cm³/mol. The summed E-state index contributed by atoms with van der Waals surface area (Å²) in [6, 6.07) is 5.19. The number of carbonyl (C=O) groups is 2. The maximum absolute atomic E-state index is 12.0. The van der Waals surface area contributed by atoms with Crippen LogP contribution in [-0.2, 0) is 14.3 Å². The van der Waals surface area contributed by atoms with E-state index in [2.05, 4.69) is 4.74 Å². The van der Waals surface area contributed by atoms with Gasteiger partial charge < -0.3 is 14.4 Å². The van der Waals surface area contributed by atoms with E-state index in [4.69, 9.17) is 4.74 Å². The summed E-state index contributed by atoms with van der Waals surface area (Å²) in [6.07, 6.45) is 0.387. The summed E-state index contributed by atoms with van der Waals surface area (Å²) in [5.74, 6) is -0.327. The topological polar surface area (TPSA) is 55.8 Å². The Hall–Kier alpha value is -1.88. The first kappa shape index (κ1) is 13.5. The number of benzene rings is 1. The minimum absolute atomic E-state index is 0.0476. The second-order valence-corrected chi connectivity index (χ2v) is 4.40. The number of nitrogens with zero attached hydrogens (tertiary/aromatic N) is 1. The quantitative estimate of drug-likeness (QED) is 0.759. The van der Waals surface area contributed by atoms with Crippen LogP contribution >= 0.6 is 0 Å². The fourth-order valence-corrected chi connectivity index (χ4v) is 2.13. The van der Waals surface area contributed by atoms with Crippen molar-refractivity contribution in [1.29, 1.82) is 0 Å². The highest BCUT2D eigenvalue weighted by Gasteiger charge is 2.20. The van der Waals surface area contributed by atoms with Crippen molar-refractivity contribution in [2.45, 2.75) is 13.3 Å². The van der Waals surface area contributed by atoms with Crippen LogP contribution in [0, 0.1) is 6.92 Å². The number of esters is 1. The maximum Gasteiger partial charge on any atom is 0.337 e. The molecule has 0 saturated carbocycles. The number of rotatable bonds is 2. The third-order valence-corrected chi connectivity index (χ3v) is 3.13. The Kier molecular flexibility index (Phi) is 4.16. The summed E-state index contributed by atoms with van der Waals surface area (Å²) in [7, 11) is 1.35. The van der Waals surface area contributed by atoms with E-state index in [0.717, 1.165) is 11.3 Å². The number of hydrogen-bond acceptors (Lipinski definition) is 4. The molecule has 1 amide bonds. The Morgan fingerprint density at radius 2 is 2.16 bits per heavy atom. The van der Waals surface area contributed by atoms with Gasteiger partial charge in [-0.15, -0.1) is 0 Å². The largest absolute Gasteiger partial charge is 0.465 e. The summed E-state index contributed by atoms with van der Waals surface area (Å²) in [5.41, 5.74) is 2.18. The Labute approximate surface area is 112 Å². The van der Waals surface area contributed by atoms with Gasteiger partial charge in [0.15, 0.2) is 0 Å². The summed E-state index contributed by atoms with van der Waals surface area (Å²) in [5, 5.41) is 0. The molecule has 0 N–H and O–H groups in total. The van der Waals surface area contributed by atoms with Crippen molar-refractivity contribution in [3.05, 3.63) is 29.3 Å². The van der Waals surface area contributed by atoms with Crippen LogP contribution in [0.3, 0.4) is 0 Å². The van der Waals surface area contributed by atoms with Crippen molar-refractivity contribution in [3.8, 4) is 0 Å². The van der Waals surface area contributed by atoms with E-state index in [0.29, 0.717) is 31.7 Å². The van der Waals surface area contributed by atoms with Gasteiger partial charge in [0.1, 0.15) is 0 Å². The van der Waals surface area contributed by atoms with Crippen LogP contribution in [0.15, 0.2) is 18.2 Å². The molecular formula is C14H17NO4. The van der Waals surface area contributed by atoms with Crippen molar-refractivity contribution >= 4 is 17.6 Å². The second kappa shape index (κ2) is 5.84. The number of methoxy groups -OCH3 is 1. The molecule has 1 aliphatic rings. The van der Waals surface area contributed by atoms with E-state index >= 15 is 0 Å². The van der Waals surface area contributed by atoms with E-state index in [-0.39, 0.29) is 11.9 Å². The van der Waals surface area contributed by atoms with E-state index in [1.807, 2.05) is 6.92 Å². The lowest BCUT2D eigenvalue weighted by molar-refractivity contribution is -0.118. The molecular weight excluding hydrogens is 246 g/mol. The molecule has 1 aliphatic heterocycles. The highest BCUT2D eigenvalue weighted by molar-refractivity contribution is 5.96. The van der Waals surface area contributed by atoms with Crippen LogP contribution in [0.1, 0.15) is 22.3 Å². The zero-order chi connectivity index (χ0) is 13.8. The fraction of sp³-hybridized carbons (Fsp3) is 0.429. The number of hydrogen-bond donors (Lipinski definition) is 0. The van der Waals surface area contributed by atoms with Crippen molar-refractivity contribution in [2.75, 3.05) is 31.8 Å². The number of carbonyl (C=O) groups excluding carboxylic acids is 2. The van der Waals surface area contributed by atoms with Gasteiger partial charge in [0.2, 0.25) is 5.91 Å². The Morgan fingerprint density at radius 3 is 2.84 bits per heavy atom. The average Bonchev–Trinajstić information content (AvgIpc) is 2.62. The third kappa shape index (κ3) is 2.93. The molecule has 0 aromatic heterocycles. The molecule has 1 fully saturated rings. The minimum Gasteiger partial charge on any atom is -0.465 e. The highest BCUT2D eigenvalue weighted by atomic mass is 16.5. The number of amides is 1. The van der Waals surface area contributed by atoms with Crippen LogP contribution in [0.4, 0.5) is 5.69 Å². The minimum atomic E-state index is -0.375. The predicted octanol–water partition coefficient (Wildman–Crippen LogP) is 1.53. The van der Waals surface area contributed by atoms with E-state index in [1.165, 1.54) is 7.11 Å². The van der Waals surface area contributed by atoms with Gasteiger partial charge in [-0.1, -0.05) is 0 Å². The number of anilines is 1. The molecule has 0 unspecified atom stereocenters. The summed E-state index contributed by atoms with van der Waals surface area (Å²) in [6.45, 7) is 3.41. The van der Waals surface area contributed by atoms with Gasteiger partial charge in [0.25, 0.3) is 0 Å². The van der Waals surface area contributed by atoms with Gasteiger partial charge in [-0.25, -0.2) is 4.79 Å². The van der Waals surface area contributed by atoms with Gasteiger partial charge in [-0.2, -0.15) is 0 Å². The molecule has 0 bridgehead atoms. The molecule has 1 aromatic carbocycles. The zero-order valence-electron chi connectivity index (χ0n) is 11.1. The molecule has 0 spiro atoms. The molecule has 0 radical (unpaired) electrons. The van der Waals surface area contributed by atoms with Crippen LogP contribution in [0.2, 0.25) is 0 Å². The first-order chi connectivity index (χ1) is 9.13. The Morgan fingerprint density at radius 1 is 1.37 bits per heavy atom. The van der Waals surface area contributed by atoms with Crippen LogP contribution in [-0.4, -0.2) is 38.7 Å². The molecule has 5 heteroatoms. The number of aryl methyl sites for hydroxylation is 1. The lowest BCUT2D eigenvalue weighted by atomic mass is 10.1. The zero-order valence-corrected chi connectivity index (χ0v) is 11.1. The van der Waals surface area contributed by atoms with Gasteiger partial charge in [0, 0.05) is 12.2 Å². The van der Waals surface area contributed by atoms with Crippen LogP contribution in [0.5, 0.6) is 0 Å². The van der Waals surface area contributed by atoms with Crippen molar-refractivity contribution in [2.24, 2.45) is 0 Å². The summed E-state index contributed by atoms with van der Waals surface area (Å²) >= 11 is 0. The number of ether oxygens (including phenoxy) is 2. The average molecular weight is 263 g/mol. The van der Waals surface area contributed by atoms with Gasteiger partial charge in [-0.3, -0.25) is 4.79 Å². The van der Waals surface area contributed by atoms with Gasteiger partial charge in [-0.05, 0) is 30.7 Å². The van der Waals surface area contributed by atoms with Gasteiger partial charge in [0.05, 0.1) is 32.3 Å². The standard InChI is InChI=1S/C14H17NO4/c1-10-9-11(14(17)18-2)3-4-12(10)15-6-8-19-7-5-13(15)16/h3-4,9H,5-8H2,1-2H3. The highest BCUT2D eigenvalue weighted by Crippen LogP contribution is 2.23. The molecule has 0 aliphatic carbocycles. The van der Waals surface area contributed by atoms with E-state index in [9.17, 15) is 9.59 Å². The van der Waals surface area contributed by atoms with E-state index < -0.39 is 0 Å². The second-order valence-electron chi connectivity index (χ2n) is 4.40.